The molecule has 1 saturated heterocycles. The molecule has 1 amide bonds. The fourth-order valence-corrected chi connectivity index (χ4v) is 7.61. The number of β-amino-alcohol motifs (C(OH)–C–C–N with tert-alkyl or cyclic N) is 1. The molecule has 256 valence electrons. The van der Waals surface area contributed by atoms with E-state index >= 15 is 0 Å². The number of ether oxygens (including phenoxy) is 2. The van der Waals surface area contributed by atoms with Gasteiger partial charge in [-0.15, -0.1) is 0 Å². The molecule has 1 saturated carbocycles. The lowest BCUT2D eigenvalue weighted by atomic mass is 9.98. The number of nitrogens with two attached hydrogens (primary N) is 1. The van der Waals surface area contributed by atoms with Gasteiger partial charge in [0.1, 0.15) is 5.82 Å². The number of methoxy groups -OCH3 is 1. The lowest BCUT2D eigenvalue weighted by Gasteiger charge is -2.38. The largest absolute Gasteiger partial charge is 0.481 e. The van der Waals surface area contributed by atoms with Crippen LogP contribution in [0.1, 0.15) is 58.8 Å². The minimum Gasteiger partial charge on any atom is -0.481 e. The van der Waals surface area contributed by atoms with Crippen molar-refractivity contribution in [2.24, 2.45) is 0 Å². The molecule has 2 fully saturated rings. The fraction of sp³-hybridized carbons (Fsp3) is 0.410. The summed E-state index contributed by atoms with van der Waals surface area (Å²) >= 11 is 0. The van der Waals surface area contributed by atoms with Crippen LogP contribution in [0.15, 0.2) is 72.9 Å². The molecular formula is C39H46N6O4. The van der Waals surface area contributed by atoms with Crippen molar-refractivity contribution in [3.05, 3.63) is 95.2 Å². The Morgan fingerprint density at radius 1 is 0.980 bits per heavy atom. The third kappa shape index (κ3) is 7.47. The number of aliphatic hydroxyl groups excluding tert-OH is 1. The Morgan fingerprint density at radius 3 is 2.59 bits per heavy atom. The molecule has 2 aromatic carbocycles. The van der Waals surface area contributed by atoms with Crippen LogP contribution in [0.5, 0.6) is 5.88 Å². The van der Waals surface area contributed by atoms with Crippen LogP contribution in [0, 0.1) is 0 Å². The SMILES string of the molecule is COc1cccc(-c2cnc(N)c(C(=O)N[C@H]3CCC[C@@H]3OCc3ccc(-c4ccc5c(c4)CC[C@@H]5N4CCN(CCO)CC4)cc3)c2)n1. The lowest BCUT2D eigenvalue weighted by molar-refractivity contribution is 0.0272. The van der Waals surface area contributed by atoms with Crippen molar-refractivity contribution < 1.29 is 19.4 Å². The number of hydrogen-bond donors (Lipinski definition) is 3. The van der Waals surface area contributed by atoms with Crippen molar-refractivity contribution in [2.75, 3.05) is 52.2 Å². The number of anilines is 1. The number of hydrogen-bond acceptors (Lipinski definition) is 9. The molecule has 10 heteroatoms. The third-order valence-electron chi connectivity index (χ3n) is 10.4. The van der Waals surface area contributed by atoms with E-state index in [9.17, 15) is 9.90 Å². The quantitative estimate of drug-likeness (QED) is 0.206. The molecule has 0 spiro atoms. The highest BCUT2D eigenvalue weighted by Crippen LogP contribution is 2.38. The summed E-state index contributed by atoms with van der Waals surface area (Å²) in [6.45, 7) is 5.68. The Bertz CT molecular complexity index is 1760. The number of pyridine rings is 2. The van der Waals surface area contributed by atoms with Crippen LogP contribution in [-0.2, 0) is 17.8 Å². The number of piperazine rings is 1. The highest BCUT2D eigenvalue weighted by molar-refractivity contribution is 5.99. The molecule has 2 aliphatic carbocycles. The second-order valence-electron chi connectivity index (χ2n) is 13.3. The van der Waals surface area contributed by atoms with E-state index in [0.29, 0.717) is 35.3 Å². The molecule has 0 radical (unpaired) electrons. The highest BCUT2D eigenvalue weighted by atomic mass is 16.5. The number of aromatic nitrogens is 2. The van der Waals surface area contributed by atoms with Gasteiger partial charge in [0, 0.05) is 56.6 Å². The number of carbonyl (C=O) groups is 1. The van der Waals surface area contributed by atoms with E-state index in [0.717, 1.165) is 64.0 Å². The number of aryl methyl sites for hydroxylation is 1. The van der Waals surface area contributed by atoms with Gasteiger partial charge in [-0.3, -0.25) is 14.6 Å². The zero-order valence-electron chi connectivity index (χ0n) is 28.2. The standard InChI is InChI=1S/C39H46N6O4/c1-48-37-7-3-4-33(42-37)30-23-32(38(40)41-24-30)39(47)43-34-5-2-6-36(34)49-25-26-8-10-27(11-9-26)28-12-14-31-29(22-28)13-15-35(31)45-18-16-44(17-19-45)20-21-46/h3-4,7-12,14,22-24,34-36,46H,2,5-6,13,15-21,25H2,1H3,(H2,40,41)(H,43,47)/t34-,35-,36-/m0/s1. The van der Waals surface area contributed by atoms with Gasteiger partial charge in [0.15, 0.2) is 0 Å². The summed E-state index contributed by atoms with van der Waals surface area (Å²) < 4.78 is 11.6. The second kappa shape index (κ2) is 15.0. The molecule has 3 atom stereocenters. The van der Waals surface area contributed by atoms with Crippen molar-refractivity contribution in [3.63, 3.8) is 0 Å². The monoisotopic (exact) mass is 662 g/mol. The van der Waals surface area contributed by atoms with Crippen molar-refractivity contribution >= 4 is 11.7 Å². The van der Waals surface area contributed by atoms with Gasteiger partial charge in [0.05, 0.1) is 43.7 Å². The number of fused-ring (bicyclic) bond motifs is 1. The molecule has 7 rings (SSSR count). The summed E-state index contributed by atoms with van der Waals surface area (Å²) in [4.78, 5) is 27.1. The first-order valence-electron chi connectivity index (χ1n) is 17.5. The Morgan fingerprint density at radius 2 is 1.80 bits per heavy atom. The second-order valence-corrected chi connectivity index (χ2v) is 13.3. The summed E-state index contributed by atoms with van der Waals surface area (Å²) in [7, 11) is 1.57. The van der Waals surface area contributed by atoms with Gasteiger partial charge < -0.3 is 25.6 Å². The zero-order chi connectivity index (χ0) is 33.7. The first kappa shape index (κ1) is 33.2. The summed E-state index contributed by atoms with van der Waals surface area (Å²) in [5.41, 5.74) is 14.3. The molecule has 49 heavy (non-hydrogen) atoms. The molecular weight excluding hydrogens is 616 g/mol. The minimum atomic E-state index is -0.263. The Hall–Kier alpha value is -4.35. The van der Waals surface area contributed by atoms with Gasteiger partial charge in [-0.2, -0.15) is 0 Å². The Labute approximate surface area is 288 Å². The zero-order valence-corrected chi connectivity index (χ0v) is 28.2. The minimum absolute atomic E-state index is 0.0802. The summed E-state index contributed by atoms with van der Waals surface area (Å²) in [5, 5.41) is 12.4. The molecule has 3 aliphatic rings. The maximum atomic E-state index is 13.4. The number of aliphatic hydroxyl groups is 1. The van der Waals surface area contributed by atoms with E-state index in [-0.39, 0.29) is 30.5 Å². The Kier molecular flexibility index (Phi) is 10.2. The molecule has 4 aromatic rings. The number of nitrogen functional groups attached to an aromatic ring is 1. The molecule has 2 aromatic heterocycles. The smallest absolute Gasteiger partial charge is 0.255 e. The van der Waals surface area contributed by atoms with Crippen LogP contribution in [0.2, 0.25) is 0 Å². The maximum Gasteiger partial charge on any atom is 0.255 e. The number of amides is 1. The van der Waals surface area contributed by atoms with Gasteiger partial charge in [0.25, 0.3) is 5.91 Å². The predicted molar refractivity (Wildman–Crippen MR) is 190 cm³/mol. The van der Waals surface area contributed by atoms with Crippen LogP contribution >= 0.6 is 0 Å². The normalized spacial score (nSPS) is 21.1. The van der Waals surface area contributed by atoms with Gasteiger partial charge in [-0.1, -0.05) is 48.5 Å². The van der Waals surface area contributed by atoms with E-state index in [1.165, 1.54) is 28.7 Å². The molecule has 0 unspecified atom stereocenters. The van der Waals surface area contributed by atoms with E-state index in [4.69, 9.17) is 15.2 Å². The van der Waals surface area contributed by atoms with Crippen molar-refractivity contribution in [1.29, 1.82) is 0 Å². The van der Waals surface area contributed by atoms with Crippen LogP contribution in [-0.4, -0.2) is 89.4 Å². The van der Waals surface area contributed by atoms with Crippen LogP contribution in [0.25, 0.3) is 22.4 Å². The topological polar surface area (TPSA) is 126 Å². The first-order valence-corrected chi connectivity index (χ1v) is 17.5. The van der Waals surface area contributed by atoms with Crippen molar-refractivity contribution in [2.45, 2.75) is 56.9 Å². The molecule has 0 bridgehead atoms. The van der Waals surface area contributed by atoms with Gasteiger partial charge >= 0.3 is 0 Å². The lowest BCUT2D eigenvalue weighted by Crippen LogP contribution is -2.47. The number of nitrogens with one attached hydrogen (secondary N) is 1. The van der Waals surface area contributed by atoms with Crippen LogP contribution in [0.4, 0.5) is 5.82 Å². The Balaban J connectivity index is 0.942. The third-order valence-corrected chi connectivity index (χ3v) is 10.4. The van der Waals surface area contributed by atoms with Crippen LogP contribution in [0.3, 0.4) is 0 Å². The molecule has 10 nitrogen and oxygen atoms in total. The van der Waals surface area contributed by atoms with Gasteiger partial charge in [-0.05, 0) is 72.1 Å². The summed E-state index contributed by atoms with van der Waals surface area (Å²) in [6, 6.07) is 23.2. The maximum absolute atomic E-state index is 13.4. The molecule has 4 N–H and O–H groups in total. The van der Waals surface area contributed by atoms with Gasteiger partial charge in [-0.25, -0.2) is 9.97 Å². The van der Waals surface area contributed by atoms with E-state index in [1.807, 2.05) is 12.1 Å². The summed E-state index contributed by atoms with van der Waals surface area (Å²) in [5.74, 6) is 0.399. The van der Waals surface area contributed by atoms with Crippen molar-refractivity contribution in [3.8, 4) is 28.3 Å². The number of benzene rings is 2. The number of nitrogens with zero attached hydrogens (tertiary/aromatic N) is 4. The highest BCUT2D eigenvalue weighted by Gasteiger charge is 2.32. The molecule has 3 heterocycles. The average molecular weight is 663 g/mol. The van der Waals surface area contributed by atoms with Crippen molar-refractivity contribution in [1.82, 2.24) is 25.1 Å². The van der Waals surface area contributed by atoms with E-state index in [2.05, 4.69) is 67.5 Å². The number of carbonyl (C=O) groups excluding carboxylic acids is 1. The van der Waals surface area contributed by atoms with Crippen LogP contribution < -0.4 is 15.8 Å². The first-order chi connectivity index (χ1) is 24.0. The number of rotatable bonds is 11. The summed E-state index contributed by atoms with van der Waals surface area (Å²) in [6.07, 6.45) is 6.54. The molecule has 1 aliphatic heterocycles. The van der Waals surface area contributed by atoms with E-state index < -0.39 is 0 Å². The predicted octanol–water partition coefficient (Wildman–Crippen LogP) is 4.87. The average Bonchev–Trinajstić information content (AvgIpc) is 3.78. The van der Waals surface area contributed by atoms with Gasteiger partial charge in [0.2, 0.25) is 5.88 Å². The van der Waals surface area contributed by atoms with E-state index in [1.54, 1.807) is 25.4 Å². The fourth-order valence-electron chi connectivity index (χ4n) is 7.61.